The summed E-state index contributed by atoms with van der Waals surface area (Å²) in [5.41, 5.74) is 0.215. The Balaban J connectivity index is 1.90. The van der Waals surface area contributed by atoms with Gasteiger partial charge in [0.25, 0.3) is 11.8 Å². The van der Waals surface area contributed by atoms with E-state index in [0.29, 0.717) is 17.1 Å². The van der Waals surface area contributed by atoms with E-state index in [4.69, 9.17) is 4.74 Å². The van der Waals surface area contributed by atoms with E-state index in [1.54, 1.807) is 19.0 Å². The van der Waals surface area contributed by atoms with Gasteiger partial charge in [0.15, 0.2) is 6.61 Å². The molecule has 1 aliphatic heterocycles. The van der Waals surface area contributed by atoms with Gasteiger partial charge in [0.2, 0.25) is 0 Å². The fourth-order valence-corrected chi connectivity index (χ4v) is 2.61. The van der Waals surface area contributed by atoms with Gasteiger partial charge in [-0.05, 0) is 36.4 Å². The number of rotatable bonds is 3. The van der Waals surface area contributed by atoms with E-state index in [0.717, 1.165) is 12.1 Å². The number of carbonyl (C=O) groups excluding carboxylic acids is 2. The molecule has 3 rings (SSSR count). The number of halogens is 3. The number of ether oxygens (including phenoxy) is 1. The minimum atomic E-state index is -4.53. The van der Waals surface area contributed by atoms with Gasteiger partial charge in [-0.15, -0.1) is 0 Å². The van der Waals surface area contributed by atoms with Crippen molar-refractivity contribution in [3.05, 3.63) is 47.5 Å². The van der Waals surface area contributed by atoms with E-state index in [2.05, 4.69) is 10.6 Å². The minimum Gasteiger partial charge on any atom is -0.482 e. The average Bonchev–Trinajstić information content (AvgIpc) is 2.60. The summed E-state index contributed by atoms with van der Waals surface area (Å²) in [4.78, 5) is 25.4. The van der Waals surface area contributed by atoms with Gasteiger partial charge in [0.05, 0.1) is 22.6 Å². The number of fused-ring (bicyclic) bond motifs is 1. The predicted molar refractivity (Wildman–Crippen MR) is 94.3 cm³/mol. The quantitative estimate of drug-likeness (QED) is 0.858. The van der Waals surface area contributed by atoms with Gasteiger partial charge in [-0.3, -0.25) is 9.59 Å². The number of hydrogen-bond acceptors (Lipinski definition) is 4. The Labute approximate surface area is 152 Å². The van der Waals surface area contributed by atoms with Gasteiger partial charge >= 0.3 is 6.18 Å². The third kappa shape index (κ3) is 3.97. The van der Waals surface area contributed by atoms with Crippen LogP contribution in [0.4, 0.5) is 30.2 Å². The largest absolute Gasteiger partial charge is 0.482 e. The number of benzene rings is 2. The molecule has 0 fully saturated rings. The summed E-state index contributed by atoms with van der Waals surface area (Å²) < 4.78 is 44.3. The van der Waals surface area contributed by atoms with Crippen LogP contribution >= 0.6 is 0 Å². The van der Waals surface area contributed by atoms with Gasteiger partial charge in [0.1, 0.15) is 5.75 Å². The topological polar surface area (TPSA) is 70.7 Å². The number of alkyl halides is 3. The molecule has 0 unspecified atom stereocenters. The summed E-state index contributed by atoms with van der Waals surface area (Å²) in [6, 6.07) is 7.52. The zero-order valence-electron chi connectivity index (χ0n) is 14.5. The first kappa shape index (κ1) is 18.6. The molecule has 0 aliphatic carbocycles. The number of nitrogens with one attached hydrogen (secondary N) is 2. The second kappa shape index (κ2) is 6.82. The molecular formula is C18H16F3N3O3. The fourth-order valence-electron chi connectivity index (χ4n) is 2.61. The van der Waals surface area contributed by atoms with Crippen molar-refractivity contribution in [1.29, 1.82) is 0 Å². The number of hydrogen-bond donors (Lipinski definition) is 2. The first-order valence-electron chi connectivity index (χ1n) is 7.92. The molecule has 2 N–H and O–H groups in total. The number of amides is 2. The van der Waals surface area contributed by atoms with Crippen molar-refractivity contribution >= 4 is 28.9 Å². The van der Waals surface area contributed by atoms with E-state index in [9.17, 15) is 22.8 Å². The molecule has 0 radical (unpaired) electrons. The lowest BCUT2D eigenvalue weighted by Gasteiger charge is -2.21. The Hall–Kier alpha value is -3.23. The van der Waals surface area contributed by atoms with Crippen molar-refractivity contribution < 1.29 is 27.5 Å². The van der Waals surface area contributed by atoms with Crippen LogP contribution in [0.3, 0.4) is 0 Å². The zero-order chi connectivity index (χ0) is 19.8. The highest BCUT2D eigenvalue weighted by molar-refractivity contribution is 6.07. The molecule has 0 aromatic heterocycles. The Kier molecular flexibility index (Phi) is 4.69. The van der Waals surface area contributed by atoms with E-state index in [1.165, 1.54) is 24.3 Å². The maximum absolute atomic E-state index is 13.0. The molecule has 1 heterocycles. The first-order chi connectivity index (χ1) is 12.6. The highest BCUT2D eigenvalue weighted by Gasteiger charge is 2.31. The molecule has 1 aliphatic rings. The molecule has 0 bridgehead atoms. The van der Waals surface area contributed by atoms with E-state index >= 15 is 0 Å². The standard InChI is InChI=1S/C18H16F3N3O3/c1-24(2)14-6-4-11(18(19,20)21)8-13(14)23-17(26)10-3-5-12-15(7-10)27-9-16(25)22-12/h3-8H,9H2,1-2H3,(H,22,25)(H,23,26). The molecule has 2 aromatic rings. The third-order valence-corrected chi connectivity index (χ3v) is 3.93. The lowest BCUT2D eigenvalue weighted by Crippen LogP contribution is -2.25. The molecule has 6 nitrogen and oxygen atoms in total. The fraction of sp³-hybridized carbons (Fsp3) is 0.222. The minimum absolute atomic E-state index is 0.0340. The van der Waals surface area contributed by atoms with Gasteiger partial charge in [0, 0.05) is 19.7 Å². The summed E-state index contributed by atoms with van der Waals surface area (Å²) in [7, 11) is 3.32. The van der Waals surface area contributed by atoms with Crippen LogP contribution in [0.15, 0.2) is 36.4 Å². The van der Waals surface area contributed by atoms with Crippen molar-refractivity contribution in [1.82, 2.24) is 0 Å². The van der Waals surface area contributed by atoms with Crippen molar-refractivity contribution in [2.24, 2.45) is 0 Å². The van der Waals surface area contributed by atoms with Gasteiger partial charge in [-0.25, -0.2) is 0 Å². The monoisotopic (exact) mass is 379 g/mol. The number of nitrogens with zero attached hydrogens (tertiary/aromatic N) is 1. The Morgan fingerprint density at radius 3 is 2.59 bits per heavy atom. The van der Waals surface area contributed by atoms with Crippen LogP contribution in [0, 0.1) is 0 Å². The maximum atomic E-state index is 13.0. The molecule has 0 saturated carbocycles. The summed E-state index contributed by atoms with van der Waals surface area (Å²) in [6.07, 6.45) is -4.53. The van der Waals surface area contributed by atoms with Crippen molar-refractivity contribution in [3.63, 3.8) is 0 Å². The molecule has 2 aromatic carbocycles. The van der Waals surface area contributed by atoms with Crippen LogP contribution in [-0.4, -0.2) is 32.5 Å². The smallest absolute Gasteiger partial charge is 0.416 e. The Morgan fingerprint density at radius 2 is 1.93 bits per heavy atom. The maximum Gasteiger partial charge on any atom is 0.416 e. The van der Waals surface area contributed by atoms with Gasteiger partial charge < -0.3 is 20.3 Å². The van der Waals surface area contributed by atoms with E-state index in [1.807, 2.05) is 0 Å². The van der Waals surface area contributed by atoms with Crippen molar-refractivity contribution in [2.75, 3.05) is 36.2 Å². The van der Waals surface area contributed by atoms with Crippen LogP contribution < -0.4 is 20.3 Å². The van der Waals surface area contributed by atoms with Crippen molar-refractivity contribution in [2.45, 2.75) is 6.18 Å². The van der Waals surface area contributed by atoms with E-state index in [-0.39, 0.29) is 23.8 Å². The lowest BCUT2D eigenvalue weighted by atomic mass is 10.1. The zero-order valence-corrected chi connectivity index (χ0v) is 14.5. The molecule has 9 heteroatoms. The Bertz CT molecular complexity index is 910. The van der Waals surface area contributed by atoms with Gasteiger partial charge in [-0.2, -0.15) is 13.2 Å². The molecule has 0 saturated heterocycles. The molecule has 0 atom stereocenters. The van der Waals surface area contributed by atoms with Crippen LogP contribution in [0.2, 0.25) is 0 Å². The molecule has 2 amide bonds. The highest BCUT2D eigenvalue weighted by Crippen LogP contribution is 2.35. The summed E-state index contributed by atoms with van der Waals surface area (Å²) in [6.45, 7) is -0.170. The molecule has 27 heavy (non-hydrogen) atoms. The number of anilines is 3. The molecule has 0 spiro atoms. The summed E-state index contributed by atoms with van der Waals surface area (Å²) in [5, 5.41) is 5.11. The van der Waals surface area contributed by atoms with Crippen LogP contribution in [0.1, 0.15) is 15.9 Å². The second-order valence-electron chi connectivity index (χ2n) is 6.13. The van der Waals surface area contributed by atoms with Crippen molar-refractivity contribution in [3.8, 4) is 5.75 Å². The normalized spacial score (nSPS) is 13.3. The highest BCUT2D eigenvalue weighted by atomic mass is 19.4. The summed E-state index contributed by atoms with van der Waals surface area (Å²) in [5.74, 6) is -0.584. The predicted octanol–water partition coefficient (Wildman–Crippen LogP) is 3.35. The first-order valence-corrected chi connectivity index (χ1v) is 7.92. The lowest BCUT2D eigenvalue weighted by molar-refractivity contribution is -0.137. The molecule has 142 valence electrons. The van der Waals surface area contributed by atoms with Crippen LogP contribution in [0.5, 0.6) is 5.75 Å². The average molecular weight is 379 g/mol. The van der Waals surface area contributed by atoms with Gasteiger partial charge in [-0.1, -0.05) is 0 Å². The van der Waals surface area contributed by atoms with E-state index < -0.39 is 17.6 Å². The van der Waals surface area contributed by atoms with Crippen LogP contribution in [0.25, 0.3) is 0 Å². The molecular weight excluding hydrogens is 363 g/mol. The number of carbonyl (C=O) groups is 2. The van der Waals surface area contributed by atoms with Crippen LogP contribution in [-0.2, 0) is 11.0 Å². The SMILES string of the molecule is CN(C)c1ccc(C(F)(F)F)cc1NC(=O)c1ccc2c(c1)OCC(=O)N2. The third-order valence-electron chi connectivity index (χ3n) is 3.93. The summed E-state index contributed by atoms with van der Waals surface area (Å²) >= 11 is 0. The Morgan fingerprint density at radius 1 is 1.19 bits per heavy atom. The second-order valence-corrected chi connectivity index (χ2v) is 6.13.